The van der Waals surface area contributed by atoms with Crippen LogP contribution in [0.25, 0.3) is 0 Å². The Bertz CT molecular complexity index is 948. The Morgan fingerprint density at radius 2 is 1.44 bits per heavy atom. The molecule has 0 bridgehead atoms. The van der Waals surface area contributed by atoms with Crippen molar-refractivity contribution in [3.63, 3.8) is 0 Å². The summed E-state index contributed by atoms with van der Waals surface area (Å²) in [6.07, 6.45) is 1.71. The van der Waals surface area contributed by atoms with Crippen LogP contribution in [0.1, 0.15) is 67.2 Å². The molecular formula is C28H47N5O6S2. The number of carbonyl (C=O) groups is 4. The van der Waals surface area contributed by atoms with Crippen molar-refractivity contribution < 1.29 is 29.4 Å². The molecular weight excluding hydrogens is 566 g/mol. The van der Waals surface area contributed by atoms with Gasteiger partial charge in [0.05, 0.1) is 5.41 Å². The Morgan fingerprint density at radius 1 is 0.854 bits per heavy atom. The minimum absolute atomic E-state index is 0.0175. The van der Waals surface area contributed by atoms with Crippen LogP contribution in [0.5, 0.6) is 0 Å². The number of unbranched alkanes of at least 4 members (excludes halogenated alkanes) is 1. The van der Waals surface area contributed by atoms with Gasteiger partial charge in [-0.25, -0.2) is 14.6 Å². The van der Waals surface area contributed by atoms with Crippen molar-refractivity contribution in [2.45, 2.75) is 72.3 Å². The molecule has 11 nitrogen and oxygen atoms in total. The Morgan fingerprint density at radius 3 is 1.93 bits per heavy atom. The molecule has 232 valence electrons. The maximum Gasteiger partial charge on any atom is 0.404 e. The third-order valence-corrected chi connectivity index (χ3v) is 9.29. The molecule has 1 aromatic rings. The Labute approximate surface area is 251 Å². The summed E-state index contributed by atoms with van der Waals surface area (Å²) in [6, 6.07) is 5.72. The first-order chi connectivity index (χ1) is 19.1. The fourth-order valence-corrected chi connectivity index (χ4v) is 7.14. The standard InChI is InChI=1S/C28H47N5O6S2/c1-26(2,3)28(27(4,5)6,23(35)33(18-16-31-24(36)37)19-17-32-25(38)39)13-8-10-14-29-21(34)12-20-40-41-22-11-7-9-15-30-22/h7,9,11,15,31-32H,8,10,12-14,16-20H2,1-6H3,(H,29,34)(H,36,37)(H,38,39). The van der Waals surface area contributed by atoms with E-state index in [1.807, 2.05) is 59.7 Å². The van der Waals surface area contributed by atoms with Crippen molar-refractivity contribution in [3.8, 4) is 0 Å². The lowest BCUT2D eigenvalue weighted by molar-refractivity contribution is -0.162. The van der Waals surface area contributed by atoms with Gasteiger partial charge < -0.3 is 31.1 Å². The van der Waals surface area contributed by atoms with Crippen LogP contribution < -0.4 is 16.0 Å². The van der Waals surface area contributed by atoms with Crippen molar-refractivity contribution >= 4 is 45.6 Å². The van der Waals surface area contributed by atoms with Gasteiger partial charge in [-0.2, -0.15) is 0 Å². The average Bonchev–Trinajstić information content (AvgIpc) is 2.86. The van der Waals surface area contributed by atoms with E-state index < -0.39 is 28.4 Å². The third kappa shape index (κ3) is 12.4. The molecule has 0 saturated heterocycles. The minimum Gasteiger partial charge on any atom is -0.465 e. The van der Waals surface area contributed by atoms with E-state index in [9.17, 15) is 19.2 Å². The molecule has 41 heavy (non-hydrogen) atoms. The summed E-state index contributed by atoms with van der Waals surface area (Å²) in [5.74, 6) is 0.515. The summed E-state index contributed by atoms with van der Waals surface area (Å²) < 4.78 is 0. The van der Waals surface area contributed by atoms with Crippen LogP contribution in [0.3, 0.4) is 0 Å². The SMILES string of the molecule is CC(C)(C)C(CCCCNC(=O)CCSSc1ccccn1)(C(=O)N(CCNC(=O)O)CCNC(=O)O)C(C)(C)C. The van der Waals surface area contributed by atoms with Gasteiger partial charge in [0.1, 0.15) is 5.03 Å². The quantitative estimate of drug-likeness (QED) is 0.121. The van der Waals surface area contributed by atoms with Crippen LogP contribution in [0, 0.1) is 16.2 Å². The van der Waals surface area contributed by atoms with Crippen LogP contribution in [-0.2, 0) is 9.59 Å². The number of rotatable bonds is 17. The van der Waals surface area contributed by atoms with E-state index in [1.54, 1.807) is 32.7 Å². The third-order valence-electron chi connectivity index (χ3n) is 7.02. The Hall–Kier alpha value is -2.67. The van der Waals surface area contributed by atoms with E-state index in [0.717, 1.165) is 5.03 Å². The Balaban J connectivity index is 2.82. The molecule has 0 aliphatic carbocycles. The summed E-state index contributed by atoms with van der Waals surface area (Å²) in [5.41, 5.74) is -1.77. The van der Waals surface area contributed by atoms with Gasteiger partial charge in [-0.05, 0) is 46.6 Å². The van der Waals surface area contributed by atoms with E-state index in [4.69, 9.17) is 10.2 Å². The predicted octanol–water partition coefficient (Wildman–Crippen LogP) is 4.94. The first-order valence-corrected chi connectivity index (χ1v) is 16.1. The lowest BCUT2D eigenvalue weighted by atomic mass is 9.51. The van der Waals surface area contributed by atoms with E-state index in [2.05, 4.69) is 20.9 Å². The molecule has 4 amide bonds. The first-order valence-electron chi connectivity index (χ1n) is 13.8. The molecule has 1 heterocycles. The van der Waals surface area contributed by atoms with Crippen molar-refractivity contribution in [3.05, 3.63) is 24.4 Å². The topological polar surface area (TPSA) is 161 Å². The van der Waals surface area contributed by atoms with Gasteiger partial charge >= 0.3 is 12.2 Å². The van der Waals surface area contributed by atoms with Gasteiger partial charge in [-0.3, -0.25) is 9.59 Å². The molecule has 1 aromatic heterocycles. The highest BCUT2D eigenvalue weighted by atomic mass is 33.1. The van der Waals surface area contributed by atoms with E-state index in [0.29, 0.717) is 38.0 Å². The molecule has 0 radical (unpaired) electrons. The number of nitrogens with zero attached hydrogens (tertiary/aromatic N) is 2. The fourth-order valence-electron chi connectivity index (χ4n) is 5.27. The zero-order valence-corrected chi connectivity index (χ0v) is 26.8. The lowest BCUT2D eigenvalue weighted by Crippen LogP contribution is -2.59. The number of aromatic nitrogens is 1. The van der Waals surface area contributed by atoms with Crippen LogP contribution >= 0.6 is 21.6 Å². The van der Waals surface area contributed by atoms with E-state index in [1.165, 1.54) is 0 Å². The van der Waals surface area contributed by atoms with Crippen molar-refractivity contribution in [1.29, 1.82) is 0 Å². The highest BCUT2D eigenvalue weighted by molar-refractivity contribution is 8.76. The average molecular weight is 614 g/mol. The highest BCUT2D eigenvalue weighted by Crippen LogP contribution is 2.55. The number of carboxylic acid groups (broad SMARTS) is 2. The fraction of sp³-hybridized carbons (Fsp3) is 0.679. The molecule has 0 saturated carbocycles. The van der Waals surface area contributed by atoms with Gasteiger partial charge in [0.15, 0.2) is 0 Å². The zero-order valence-electron chi connectivity index (χ0n) is 25.1. The van der Waals surface area contributed by atoms with Crippen LogP contribution in [-0.4, -0.2) is 82.6 Å². The van der Waals surface area contributed by atoms with Gasteiger partial charge in [0.2, 0.25) is 11.8 Å². The molecule has 0 aliphatic heterocycles. The van der Waals surface area contributed by atoms with Gasteiger partial charge in [-0.1, -0.05) is 64.8 Å². The minimum atomic E-state index is -1.19. The van der Waals surface area contributed by atoms with Crippen LogP contribution in [0.2, 0.25) is 0 Å². The summed E-state index contributed by atoms with van der Waals surface area (Å²) in [4.78, 5) is 54.5. The molecule has 0 aromatic carbocycles. The molecule has 0 fully saturated rings. The number of hydrogen-bond acceptors (Lipinski definition) is 7. The van der Waals surface area contributed by atoms with Gasteiger partial charge in [-0.15, -0.1) is 0 Å². The number of hydrogen-bond donors (Lipinski definition) is 5. The van der Waals surface area contributed by atoms with Gasteiger partial charge in [0, 0.05) is 51.1 Å². The molecule has 5 N–H and O–H groups in total. The summed E-state index contributed by atoms with van der Waals surface area (Å²) >= 11 is 0. The number of nitrogens with one attached hydrogen (secondary N) is 3. The second-order valence-electron chi connectivity index (χ2n) is 11.8. The highest BCUT2D eigenvalue weighted by Gasteiger charge is 2.56. The van der Waals surface area contributed by atoms with Crippen molar-refractivity contribution in [2.75, 3.05) is 38.5 Å². The van der Waals surface area contributed by atoms with Crippen molar-refractivity contribution in [2.24, 2.45) is 16.2 Å². The van der Waals surface area contributed by atoms with Crippen molar-refractivity contribution in [1.82, 2.24) is 25.8 Å². The normalized spacial score (nSPS) is 12.0. The zero-order chi connectivity index (χ0) is 31.1. The molecule has 0 aliphatic rings. The van der Waals surface area contributed by atoms with Crippen LogP contribution in [0.15, 0.2) is 29.4 Å². The Kier molecular flexibility index (Phi) is 15.4. The van der Waals surface area contributed by atoms with E-state index >= 15 is 0 Å². The maximum absolute atomic E-state index is 14.3. The maximum atomic E-state index is 14.3. The molecule has 0 atom stereocenters. The second-order valence-corrected chi connectivity index (χ2v) is 14.2. The summed E-state index contributed by atoms with van der Waals surface area (Å²) in [7, 11) is 3.13. The predicted molar refractivity (Wildman–Crippen MR) is 164 cm³/mol. The monoisotopic (exact) mass is 613 g/mol. The van der Waals surface area contributed by atoms with Crippen LogP contribution in [0.4, 0.5) is 9.59 Å². The second kappa shape index (κ2) is 17.3. The molecule has 0 spiro atoms. The number of pyridine rings is 1. The molecule has 1 rings (SSSR count). The smallest absolute Gasteiger partial charge is 0.404 e. The lowest BCUT2D eigenvalue weighted by Gasteiger charge is -2.54. The molecule has 13 heteroatoms. The van der Waals surface area contributed by atoms with E-state index in [-0.39, 0.29) is 38.0 Å². The largest absolute Gasteiger partial charge is 0.465 e. The number of carbonyl (C=O) groups excluding carboxylic acids is 2. The first kappa shape index (κ1) is 36.4. The summed E-state index contributed by atoms with van der Waals surface area (Å²) in [6.45, 7) is 13.0. The molecule has 0 unspecified atom stereocenters. The number of amides is 4. The summed E-state index contributed by atoms with van der Waals surface area (Å²) in [5, 5.41) is 26.5. The van der Waals surface area contributed by atoms with Gasteiger partial charge in [0.25, 0.3) is 0 Å².